The number of alkyl carbamates (subject to hydrolysis) is 1. The van der Waals surface area contributed by atoms with E-state index in [9.17, 15) is 19.5 Å². The van der Waals surface area contributed by atoms with E-state index in [1.165, 1.54) is 34.0 Å². The maximum absolute atomic E-state index is 12.9. The Balaban J connectivity index is 1.14. The second-order valence-corrected chi connectivity index (χ2v) is 10.9. The summed E-state index contributed by atoms with van der Waals surface area (Å²) in [7, 11) is 0. The van der Waals surface area contributed by atoms with Gasteiger partial charge in [-0.25, -0.2) is 4.79 Å². The molecule has 2 fully saturated rings. The van der Waals surface area contributed by atoms with Gasteiger partial charge in [0.25, 0.3) is 0 Å². The normalized spacial score (nSPS) is 20.0. The van der Waals surface area contributed by atoms with E-state index in [2.05, 4.69) is 29.6 Å². The lowest BCUT2D eigenvalue weighted by Gasteiger charge is -2.31. The van der Waals surface area contributed by atoms with Gasteiger partial charge in [-0.2, -0.15) is 0 Å². The summed E-state index contributed by atoms with van der Waals surface area (Å²) < 4.78 is 5.64. The molecule has 2 atom stereocenters. The zero-order valence-corrected chi connectivity index (χ0v) is 20.3. The zero-order valence-electron chi connectivity index (χ0n) is 19.5. The molecule has 2 aliphatic carbocycles. The highest BCUT2D eigenvalue weighted by Gasteiger charge is 2.36. The second-order valence-electron chi connectivity index (χ2n) is 9.55. The summed E-state index contributed by atoms with van der Waals surface area (Å²) in [6, 6.07) is 16.4. The predicted octanol–water partition coefficient (Wildman–Crippen LogP) is 3.97. The van der Waals surface area contributed by atoms with Crippen molar-refractivity contribution in [1.29, 1.82) is 0 Å². The van der Waals surface area contributed by atoms with Crippen LogP contribution >= 0.6 is 11.8 Å². The lowest BCUT2D eigenvalue weighted by atomic mass is 9.98. The van der Waals surface area contributed by atoms with Gasteiger partial charge in [-0.05, 0) is 46.9 Å². The van der Waals surface area contributed by atoms with Gasteiger partial charge >= 0.3 is 12.1 Å². The molecule has 35 heavy (non-hydrogen) atoms. The standard InChI is InChI=1S/C27H30N2O5S/c30-25(29-11-12-35-24(15-29)26(31)32)13-18(17-9-10-17)14-28-27(33)34-16-23-21-7-3-1-5-19(21)20-6-2-4-8-22(20)23/h1-8,17-18,23-24H,9-16H2,(H,28,33)(H,31,32). The number of hydrogen-bond acceptors (Lipinski definition) is 5. The monoisotopic (exact) mass is 494 g/mol. The van der Waals surface area contributed by atoms with E-state index in [1.807, 2.05) is 24.3 Å². The SMILES string of the molecule is O=C(NCC(CC(=O)N1CCSC(C(=O)O)C1)C1CC1)OCC1c2ccccc2-c2ccccc21. The van der Waals surface area contributed by atoms with Gasteiger partial charge in [0.1, 0.15) is 11.9 Å². The number of carbonyl (C=O) groups is 3. The van der Waals surface area contributed by atoms with Crippen LogP contribution in [-0.2, 0) is 14.3 Å². The van der Waals surface area contributed by atoms with Crippen LogP contribution in [0.3, 0.4) is 0 Å². The summed E-state index contributed by atoms with van der Waals surface area (Å²) in [6.45, 7) is 1.47. The van der Waals surface area contributed by atoms with E-state index in [4.69, 9.17) is 4.74 Å². The molecular formula is C27H30N2O5S. The molecule has 8 heteroatoms. The highest BCUT2D eigenvalue weighted by atomic mass is 32.2. The molecule has 2 N–H and O–H groups in total. The fraction of sp³-hybridized carbons (Fsp3) is 0.444. The molecule has 1 heterocycles. The van der Waals surface area contributed by atoms with E-state index in [0.717, 1.165) is 12.8 Å². The Morgan fingerprint density at radius 3 is 2.34 bits per heavy atom. The largest absolute Gasteiger partial charge is 0.480 e. The van der Waals surface area contributed by atoms with Gasteiger partial charge in [0, 0.05) is 37.7 Å². The van der Waals surface area contributed by atoms with E-state index < -0.39 is 17.3 Å². The van der Waals surface area contributed by atoms with Crippen LogP contribution in [0.15, 0.2) is 48.5 Å². The first-order valence-corrected chi connectivity index (χ1v) is 13.3. The quantitative estimate of drug-likeness (QED) is 0.577. The summed E-state index contributed by atoms with van der Waals surface area (Å²) >= 11 is 1.38. The first kappa shape index (κ1) is 23.7. The number of fused-ring (bicyclic) bond motifs is 3. The maximum atomic E-state index is 12.9. The molecule has 184 valence electrons. The van der Waals surface area contributed by atoms with Crippen LogP contribution in [-0.4, -0.2) is 65.2 Å². The molecule has 0 aromatic heterocycles. The number of thioether (sulfide) groups is 1. The zero-order chi connectivity index (χ0) is 24.4. The van der Waals surface area contributed by atoms with Gasteiger partial charge in [0.15, 0.2) is 0 Å². The molecule has 1 saturated heterocycles. The lowest BCUT2D eigenvalue weighted by Crippen LogP contribution is -2.45. The molecule has 3 aliphatic rings. The molecule has 1 aliphatic heterocycles. The van der Waals surface area contributed by atoms with Gasteiger partial charge in [-0.15, -0.1) is 11.8 Å². The Bertz CT molecular complexity index is 1070. The summed E-state index contributed by atoms with van der Waals surface area (Å²) in [5.41, 5.74) is 4.71. The third-order valence-electron chi connectivity index (χ3n) is 7.27. The van der Waals surface area contributed by atoms with Gasteiger partial charge in [0.05, 0.1) is 0 Å². The number of carboxylic acids is 1. The molecule has 0 spiro atoms. The summed E-state index contributed by atoms with van der Waals surface area (Å²) in [4.78, 5) is 38.4. The van der Waals surface area contributed by atoms with Crippen molar-refractivity contribution in [3.05, 3.63) is 59.7 Å². The van der Waals surface area contributed by atoms with Crippen molar-refractivity contribution in [2.24, 2.45) is 11.8 Å². The molecule has 0 radical (unpaired) electrons. The average molecular weight is 495 g/mol. The highest BCUT2D eigenvalue weighted by Crippen LogP contribution is 2.44. The van der Waals surface area contributed by atoms with Crippen molar-refractivity contribution in [3.63, 3.8) is 0 Å². The average Bonchev–Trinajstić information content (AvgIpc) is 3.68. The maximum Gasteiger partial charge on any atom is 0.407 e. The molecule has 5 rings (SSSR count). The Hall–Kier alpha value is -3.00. The van der Waals surface area contributed by atoms with Gasteiger partial charge in [-0.1, -0.05) is 48.5 Å². The van der Waals surface area contributed by atoms with Crippen LogP contribution in [0.4, 0.5) is 4.79 Å². The summed E-state index contributed by atoms with van der Waals surface area (Å²) in [6.07, 6.45) is 1.96. The third-order valence-corrected chi connectivity index (χ3v) is 8.44. The van der Waals surface area contributed by atoms with Crippen LogP contribution < -0.4 is 5.32 Å². The minimum Gasteiger partial charge on any atom is -0.480 e. The minimum absolute atomic E-state index is 0.00751. The lowest BCUT2D eigenvalue weighted by molar-refractivity contribution is -0.138. The van der Waals surface area contributed by atoms with E-state index in [0.29, 0.717) is 31.2 Å². The molecule has 2 aromatic rings. The number of nitrogens with zero attached hydrogens (tertiary/aromatic N) is 1. The van der Waals surface area contributed by atoms with Crippen molar-refractivity contribution >= 4 is 29.7 Å². The van der Waals surface area contributed by atoms with Crippen molar-refractivity contribution in [3.8, 4) is 11.1 Å². The van der Waals surface area contributed by atoms with Gasteiger partial charge in [-0.3, -0.25) is 9.59 Å². The predicted molar refractivity (Wildman–Crippen MR) is 134 cm³/mol. The number of ether oxygens (including phenoxy) is 1. The first-order chi connectivity index (χ1) is 17.0. The number of aliphatic carboxylic acids is 1. The molecular weight excluding hydrogens is 464 g/mol. The number of hydrogen-bond donors (Lipinski definition) is 2. The van der Waals surface area contributed by atoms with Gasteiger partial charge < -0.3 is 20.1 Å². The van der Waals surface area contributed by atoms with E-state index in [1.54, 1.807) is 4.90 Å². The van der Waals surface area contributed by atoms with Crippen molar-refractivity contribution < 1.29 is 24.2 Å². The third kappa shape index (κ3) is 5.32. The van der Waals surface area contributed by atoms with Gasteiger partial charge in [0.2, 0.25) is 5.91 Å². The Morgan fingerprint density at radius 2 is 1.71 bits per heavy atom. The Labute approximate surface area is 209 Å². The fourth-order valence-corrected chi connectivity index (χ4v) is 6.25. The Kier molecular flexibility index (Phi) is 7.00. The number of carboxylic acid groups (broad SMARTS) is 1. The van der Waals surface area contributed by atoms with Crippen LogP contribution in [0, 0.1) is 11.8 Å². The number of amides is 2. The second kappa shape index (κ2) is 10.3. The fourth-order valence-electron chi connectivity index (χ4n) is 5.22. The van der Waals surface area contributed by atoms with E-state index in [-0.39, 0.29) is 30.9 Å². The molecule has 1 saturated carbocycles. The molecule has 2 unspecified atom stereocenters. The number of rotatable bonds is 8. The van der Waals surface area contributed by atoms with E-state index >= 15 is 0 Å². The minimum atomic E-state index is -0.872. The first-order valence-electron chi connectivity index (χ1n) is 12.2. The Morgan fingerprint density at radius 1 is 1.06 bits per heavy atom. The number of nitrogens with one attached hydrogen (secondary N) is 1. The van der Waals surface area contributed by atoms with Crippen LogP contribution in [0.5, 0.6) is 0 Å². The van der Waals surface area contributed by atoms with Crippen LogP contribution in [0.2, 0.25) is 0 Å². The van der Waals surface area contributed by atoms with Crippen molar-refractivity contribution in [1.82, 2.24) is 10.2 Å². The summed E-state index contributed by atoms with van der Waals surface area (Å²) in [5, 5.41) is 11.6. The molecule has 0 bridgehead atoms. The topological polar surface area (TPSA) is 95.9 Å². The molecule has 2 amide bonds. The number of carbonyl (C=O) groups excluding carboxylic acids is 2. The van der Waals surface area contributed by atoms with Crippen LogP contribution in [0.25, 0.3) is 11.1 Å². The number of benzene rings is 2. The van der Waals surface area contributed by atoms with Crippen molar-refractivity contribution in [2.45, 2.75) is 30.4 Å². The molecule has 2 aromatic carbocycles. The smallest absolute Gasteiger partial charge is 0.407 e. The highest BCUT2D eigenvalue weighted by molar-refractivity contribution is 8.00. The van der Waals surface area contributed by atoms with Crippen LogP contribution in [0.1, 0.15) is 36.3 Å². The molecule has 7 nitrogen and oxygen atoms in total. The summed E-state index contributed by atoms with van der Waals surface area (Å²) in [5.74, 6) is 0.205. The van der Waals surface area contributed by atoms with Crippen molar-refractivity contribution in [2.75, 3.05) is 32.0 Å².